The van der Waals surface area contributed by atoms with Gasteiger partial charge >= 0.3 is 5.97 Å². The Kier molecular flexibility index (Phi) is 7.59. The molecule has 0 bridgehead atoms. The van der Waals surface area contributed by atoms with Crippen LogP contribution in [0.3, 0.4) is 0 Å². The third kappa shape index (κ3) is 5.99. The number of alkyl halides is 3. The first kappa shape index (κ1) is 22.8. The molecule has 0 radical (unpaired) electrons. The fourth-order valence-corrected chi connectivity index (χ4v) is 4.37. The summed E-state index contributed by atoms with van der Waals surface area (Å²) in [7, 11) is -2.68. The molecule has 0 saturated carbocycles. The van der Waals surface area contributed by atoms with Gasteiger partial charge in [0, 0.05) is 0 Å². The maximum absolute atomic E-state index is 12.7. The summed E-state index contributed by atoms with van der Waals surface area (Å²) in [6.07, 6.45) is 0. The zero-order chi connectivity index (χ0) is 20.9. The van der Waals surface area contributed by atoms with Gasteiger partial charge in [-0.15, -0.1) is 0 Å². The Labute approximate surface area is 178 Å². The molecule has 0 heterocycles. The Morgan fingerprint density at radius 3 is 2.32 bits per heavy atom. The molecule has 2 aromatic carbocycles. The topological polar surface area (TPSA) is 81.7 Å². The van der Waals surface area contributed by atoms with Crippen LogP contribution in [0, 0.1) is 6.92 Å². The average molecular weight is 467 g/mol. The lowest BCUT2D eigenvalue weighted by Crippen LogP contribution is -2.36. The number of esters is 1. The minimum Gasteiger partial charge on any atom is -0.482 e. The van der Waals surface area contributed by atoms with Crippen LogP contribution in [0.5, 0.6) is 5.75 Å². The number of methoxy groups -OCH3 is 1. The molecule has 0 amide bonds. The molecule has 1 N–H and O–H groups in total. The van der Waals surface area contributed by atoms with Crippen LogP contribution in [0.15, 0.2) is 53.4 Å². The molecule has 0 aliphatic heterocycles. The number of hydrogen-bond acceptors (Lipinski definition) is 5. The van der Waals surface area contributed by atoms with Gasteiger partial charge in [-0.1, -0.05) is 65.1 Å². The van der Waals surface area contributed by atoms with Crippen LogP contribution < -0.4 is 9.46 Å². The predicted octanol–water partition coefficient (Wildman–Crippen LogP) is 3.94. The summed E-state index contributed by atoms with van der Waals surface area (Å²) in [5, 5.41) is 0. The van der Waals surface area contributed by atoms with Gasteiger partial charge in [0.05, 0.1) is 18.0 Å². The van der Waals surface area contributed by atoms with Crippen molar-refractivity contribution in [1.82, 2.24) is 4.72 Å². The second kappa shape index (κ2) is 9.33. The predicted molar refractivity (Wildman–Crippen MR) is 108 cm³/mol. The van der Waals surface area contributed by atoms with E-state index in [-0.39, 0.29) is 11.5 Å². The molecule has 0 fully saturated rings. The van der Waals surface area contributed by atoms with Crippen molar-refractivity contribution in [1.29, 1.82) is 0 Å². The van der Waals surface area contributed by atoms with E-state index in [1.54, 1.807) is 43.3 Å². The van der Waals surface area contributed by atoms with Crippen molar-refractivity contribution in [2.24, 2.45) is 0 Å². The van der Waals surface area contributed by atoms with Crippen molar-refractivity contribution in [3.63, 3.8) is 0 Å². The molecule has 2 aromatic rings. The summed E-state index contributed by atoms with van der Waals surface area (Å²) >= 11 is 18.2. The highest BCUT2D eigenvalue weighted by atomic mass is 35.6. The summed E-state index contributed by atoms with van der Waals surface area (Å²) in [6, 6.07) is 11.3. The van der Waals surface area contributed by atoms with Gasteiger partial charge in [-0.05, 0) is 36.2 Å². The highest BCUT2D eigenvalue weighted by Crippen LogP contribution is 2.41. The van der Waals surface area contributed by atoms with E-state index in [9.17, 15) is 13.2 Å². The molecule has 28 heavy (non-hydrogen) atoms. The van der Waals surface area contributed by atoms with Crippen LogP contribution in [0.2, 0.25) is 0 Å². The third-order valence-corrected chi connectivity index (χ3v) is 5.85. The molecule has 0 unspecified atom stereocenters. The van der Waals surface area contributed by atoms with Crippen molar-refractivity contribution in [2.45, 2.75) is 21.7 Å². The second-order valence-corrected chi connectivity index (χ2v) is 9.88. The minimum absolute atomic E-state index is 0.0454. The summed E-state index contributed by atoms with van der Waals surface area (Å²) < 4.78 is 35.7. The number of nitrogens with one attached hydrogen (secondary N) is 1. The smallest absolute Gasteiger partial charge is 0.343 e. The van der Waals surface area contributed by atoms with Gasteiger partial charge in [0.2, 0.25) is 13.8 Å². The van der Waals surface area contributed by atoms with Crippen molar-refractivity contribution in [3.8, 4) is 5.75 Å². The van der Waals surface area contributed by atoms with Crippen molar-refractivity contribution in [2.75, 3.05) is 13.7 Å². The largest absolute Gasteiger partial charge is 0.482 e. The quantitative estimate of drug-likeness (QED) is 0.494. The van der Waals surface area contributed by atoms with Crippen LogP contribution in [0.1, 0.15) is 17.2 Å². The first-order valence-electron chi connectivity index (χ1n) is 7.99. The van der Waals surface area contributed by atoms with E-state index in [0.717, 1.165) is 0 Å². The molecule has 1 atom stereocenters. The van der Waals surface area contributed by atoms with Gasteiger partial charge in [0.15, 0.2) is 6.61 Å². The normalized spacial score (nSPS) is 13.0. The van der Waals surface area contributed by atoms with E-state index in [0.29, 0.717) is 16.9 Å². The minimum atomic E-state index is -3.93. The van der Waals surface area contributed by atoms with Gasteiger partial charge in [-0.3, -0.25) is 0 Å². The van der Waals surface area contributed by atoms with Gasteiger partial charge in [0.1, 0.15) is 5.75 Å². The lowest BCUT2D eigenvalue weighted by molar-refractivity contribution is -0.142. The van der Waals surface area contributed by atoms with Crippen LogP contribution in [-0.4, -0.2) is 31.9 Å². The van der Waals surface area contributed by atoms with Gasteiger partial charge in [-0.25, -0.2) is 13.2 Å². The Morgan fingerprint density at radius 1 is 1.14 bits per heavy atom. The van der Waals surface area contributed by atoms with E-state index in [1.165, 1.54) is 19.2 Å². The number of carbonyl (C=O) groups is 1. The monoisotopic (exact) mass is 465 g/mol. The number of sulfonamides is 1. The maximum atomic E-state index is 12.7. The molecule has 0 aromatic heterocycles. The molecular formula is C18H18Cl3NO5S. The second-order valence-electron chi connectivity index (χ2n) is 5.80. The SMILES string of the molecule is COC(=O)COc1ccc([C@@H](NS(=O)(=O)c2ccccc2)C(Cl)(Cl)Cl)cc1C. The highest BCUT2D eigenvalue weighted by molar-refractivity contribution is 7.89. The molecule has 10 heteroatoms. The molecular weight excluding hydrogens is 449 g/mol. The number of halogens is 3. The summed E-state index contributed by atoms with van der Waals surface area (Å²) in [5.74, 6) is -0.110. The molecule has 2 rings (SSSR count). The zero-order valence-electron chi connectivity index (χ0n) is 15.0. The molecule has 0 saturated heterocycles. The standard InChI is InChI=1S/C18H18Cl3NO5S/c1-12-10-13(8-9-15(12)27-11-16(23)26-2)17(18(19,20)21)22-28(24,25)14-6-4-3-5-7-14/h3-10,17,22H,11H2,1-2H3/t17-/m1/s1. The van der Waals surface area contributed by atoms with E-state index in [1.807, 2.05) is 0 Å². The number of carbonyl (C=O) groups excluding carboxylic acids is 1. The summed E-state index contributed by atoms with van der Waals surface area (Å²) in [4.78, 5) is 11.3. The third-order valence-electron chi connectivity index (χ3n) is 3.76. The number of aryl methyl sites for hydroxylation is 1. The Morgan fingerprint density at radius 2 is 1.79 bits per heavy atom. The average Bonchev–Trinajstić information content (AvgIpc) is 2.64. The van der Waals surface area contributed by atoms with Crippen LogP contribution in [0.4, 0.5) is 0 Å². The molecule has 6 nitrogen and oxygen atoms in total. The lowest BCUT2D eigenvalue weighted by atomic mass is 10.1. The van der Waals surface area contributed by atoms with Gasteiger partial charge in [0.25, 0.3) is 0 Å². The van der Waals surface area contributed by atoms with Crippen molar-refractivity contribution in [3.05, 3.63) is 59.7 Å². The zero-order valence-corrected chi connectivity index (χ0v) is 18.1. The molecule has 0 aliphatic rings. The Bertz CT molecular complexity index is 930. The molecule has 0 aliphatic carbocycles. The van der Waals surface area contributed by atoms with E-state index < -0.39 is 25.8 Å². The maximum Gasteiger partial charge on any atom is 0.343 e. The summed E-state index contributed by atoms with van der Waals surface area (Å²) in [5.41, 5.74) is 1.04. The van der Waals surface area contributed by atoms with Crippen molar-refractivity contribution < 1.29 is 22.7 Å². The number of ether oxygens (including phenoxy) is 2. The lowest BCUT2D eigenvalue weighted by Gasteiger charge is -2.26. The Hall–Kier alpha value is -1.51. The first-order chi connectivity index (χ1) is 13.0. The first-order valence-corrected chi connectivity index (χ1v) is 10.6. The Balaban J connectivity index is 2.31. The fraction of sp³-hybridized carbons (Fsp3) is 0.278. The molecule has 152 valence electrons. The van der Waals surface area contributed by atoms with Crippen LogP contribution in [0.25, 0.3) is 0 Å². The fourth-order valence-electron chi connectivity index (χ4n) is 2.36. The highest BCUT2D eigenvalue weighted by Gasteiger charge is 2.37. The van der Waals surface area contributed by atoms with Crippen LogP contribution in [-0.2, 0) is 19.6 Å². The van der Waals surface area contributed by atoms with Gasteiger partial charge < -0.3 is 9.47 Å². The van der Waals surface area contributed by atoms with E-state index in [2.05, 4.69) is 9.46 Å². The van der Waals surface area contributed by atoms with E-state index >= 15 is 0 Å². The van der Waals surface area contributed by atoms with Gasteiger partial charge in [-0.2, -0.15) is 4.72 Å². The van der Waals surface area contributed by atoms with E-state index in [4.69, 9.17) is 39.5 Å². The summed E-state index contributed by atoms with van der Waals surface area (Å²) in [6.45, 7) is 1.46. The van der Waals surface area contributed by atoms with Crippen LogP contribution >= 0.6 is 34.8 Å². The van der Waals surface area contributed by atoms with Crippen molar-refractivity contribution >= 4 is 50.8 Å². The number of benzene rings is 2. The molecule has 0 spiro atoms. The number of hydrogen-bond donors (Lipinski definition) is 1. The number of rotatable bonds is 7.